The van der Waals surface area contributed by atoms with Gasteiger partial charge in [0.2, 0.25) is 5.91 Å². The molecular weight excluding hydrogens is 310 g/mol. The summed E-state index contributed by atoms with van der Waals surface area (Å²) in [6.45, 7) is 8.40. The van der Waals surface area contributed by atoms with E-state index in [0.717, 1.165) is 29.0 Å². The SMILES string of the molecule is CCc1cc2c(=O)n(CC(=O)NC(C)CCC(C)C)cnc2s1. The van der Waals surface area contributed by atoms with Crippen LogP contribution in [0.15, 0.2) is 17.2 Å². The van der Waals surface area contributed by atoms with E-state index >= 15 is 0 Å². The molecule has 0 fully saturated rings. The minimum absolute atomic E-state index is 0.0189. The molecule has 1 unspecified atom stereocenters. The monoisotopic (exact) mass is 335 g/mol. The number of carbonyl (C=O) groups excluding carboxylic acids is 1. The standard InChI is InChI=1S/C17H25N3O2S/c1-5-13-8-14-16(23-13)18-10-20(17(14)22)9-15(21)19-12(4)7-6-11(2)3/h8,10-12H,5-7,9H2,1-4H3,(H,19,21). The number of thiophene rings is 1. The molecule has 0 radical (unpaired) electrons. The van der Waals surface area contributed by atoms with E-state index in [2.05, 4.69) is 31.1 Å². The van der Waals surface area contributed by atoms with Crippen LogP contribution in [0.2, 0.25) is 0 Å². The van der Waals surface area contributed by atoms with Crippen LogP contribution in [0.4, 0.5) is 0 Å². The molecule has 2 heterocycles. The molecule has 0 aliphatic rings. The predicted molar refractivity (Wildman–Crippen MR) is 94.9 cm³/mol. The number of hydrogen-bond acceptors (Lipinski definition) is 4. The van der Waals surface area contributed by atoms with Crippen molar-refractivity contribution in [2.75, 3.05) is 0 Å². The van der Waals surface area contributed by atoms with Gasteiger partial charge in [0.05, 0.1) is 11.7 Å². The second-order valence-electron chi connectivity index (χ2n) is 6.40. The molecule has 1 amide bonds. The molecule has 23 heavy (non-hydrogen) atoms. The summed E-state index contributed by atoms with van der Waals surface area (Å²) in [5.74, 6) is 0.477. The normalized spacial score (nSPS) is 12.7. The zero-order chi connectivity index (χ0) is 17.0. The van der Waals surface area contributed by atoms with Gasteiger partial charge in [-0.05, 0) is 38.2 Å². The molecule has 0 aliphatic carbocycles. The Hall–Kier alpha value is -1.69. The van der Waals surface area contributed by atoms with Crippen LogP contribution in [0.3, 0.4) is 0 Å². The zero-order valence-electron chi connectivity index (χ0n) is 14.3. The largest absolute Gasteiger partial charge is 0.352 e. The van der Waals surface area contributed by atoms with E-state index in [4.69, 9.17) is 0 Å². The Bertz CT molecular complexity index is 733. The molecule has 0 aromatic carbocycles. The number of carbonyl (C=O) groups is 1. The zero-order valence-corrected chi connectivity index (χ0v) is 15.1. The first kappa shape index (κ1) is 17.7. The first-order valence-electron chi connectivity index (χ1n) is 8.18. The third kappa shape index (κ3) is 4.64. The van der Waals surface area contributed by atoms with Crippen LogP contribution in [-0.2, 0) is 17.8 Å². The van der Waals surface area contributed by atoms with Crippen molar-refractivity contribution in [2.45, 2.75) is 59.5 Å². The topological polar surface area (TPSA) is 64.0 Å². The van der Waals surface area contributed by atoms with Crippen molar-refractivity contribution in [3.63, 3.8) is 0 Å². The van der Waals surface area contributed by atoms with Gasteiger partial charge >= 0.3 is 0 Å². The van der Waals surface area contributed by atoms with Crippen LogP contribution in [0, 0.1) is 5.92 Å². The van der Waals surface area contributed by atoms with E-state index < -0.39 is 0 Å². The maximum absolute atomic E-state index is 12.4. The van der Waals surface area contributed by atoms with Crippen LogP contribution in [0.25, 0.3) is 10.2 Å². The summed E-state index contributed by atoms with van der Waals surface area (Å²) in [5.41, 5.74) is -0.143. The molecule has 6 heteroatoms. The first-order valence-corrected chi connectivity index (χ1v) is 8.99. The number of fused-ring (bicyclic) bond motifs is 1. The molecular formula is C17H25N3O2S. The fraction of sp³-hybridized carbons (Fsp3) is 0.588. The van der Waals surface area contributed by atoms with E-state index in [1.807, 2.05) is 13.0 Å². The molecule has 0 aliphatic heterocycles. The summed E-state index contributed by atoms with van der Waals surface area (Å²) < 4.78 is 1.39. The Morgan fingerprint density at radius 2 is 2.09 bits per heavy atom. The van der Waals surface area contributed by atoms with Gasteiger partial charge < -0.3 is 5.32 Å². The van der Waals surface area contributed by atoms with Crippen LogP contribution < -0.4 is 10.9 Å². The number of nitrogens with one attached hydrogen (secondary N) is 1. The van der Waals surface area contributed by atoms with Crippen LogP contribution >= 0.6 is 11.3 Å². The van der Waals surface area contributed by atoms with E-state index in [0.29, 0.717) is 11.3 Å². The number of aromatic nitrogens is 2. The number of nitrogens with zero attached hydrogens (tertiary/aromatic N) is 2. The second-order valence-corrected chi connectivity index (χ2v) is 7.52. The second kappa shape index (κ2) is 7.73. The lowest BCUT2D eigenvalue weighted by atomic mass is 10.0. The predicted octanol–water partition coefficient (Wildman–Crippen LogP) is 2.96. The number of aryl methyl sites for hydroxylation is 1. The van der Waals surface area contributed by atoms with Crippen molar-refractivity contribution in [2.24, 2.45) is 5.92 Å². The van der Waals surface area contributed by atoms with Crippen molar-refractivity contribution in [1.29, 1.82) is 0 Å². The molecule has 126 valence electrons. The Morgan fingerprint density at radius 3 is 2.74 bits per heavy atom. The highest BCUT2D eigenvalue weighted by Gasteiger charge is 2.12. The molecule has 1 atom stereocenters. The van der Waals surface area contributed by atoms with Gasteiger partial charge in [0, 0.05) is 10.9 Å². The smallest absolute Gasteiger partial charge is 0.262 e. The molecule has 0 saturated carbocycles. The van der Waals surface area contributed by atoms with Gasteiger partial charge in [-0.15, -0.1) is 11.3 Å². The molecule has 2 rings (SSSR count). The fourth-order valence-corrected chi connectivity index (χ4v) is 3.35. The summed E-state index contributed by atoms with van der Waals surface area (Å²) >= 11 is 1.53. The van der Waals surface area contributed by atoms with Gasteiger partial charge in [0.1, 0.15) is 11.4 Å². The minimum Gasteiger partial charge on any atom is -0.352 e. The third-order valence-electron chi connectivity index (χ3n) is 3.82. The van der Waals surface area contributed by atoms with E-state index in [9.17, 15) is 9.59 Å². The molecule has 1 N–H and O–H groups in total. The Balaban J connectivity index is 2.05. The summed E-state index contributed by atoms with van der Waals surface area (Å²) in [7, 11) is 0. The van der Waals surface area contributed by atoms with Gasteiger partial charge in [-0.25, -0.2) is 4.98 Å². The van der Waals surface area contributed by atoms with Crippen molar-refractivity contribution in [3.8, 4) is 0 Å². The molecule has 5 nitrogen and oxygen atoms in total. The van der Waals surface area contributed by atoms with Crippen molar-refractivity contribution >= 4 is 27.5 Å². The van der Waals surface area contributed by atoms with E-state index in [1.165, 1.54) is 22.2 Å². The van der Waals surface area contributed by atoms with Gasteiger partial charge in [0.25, 0.3) is 5.56 Å². The number of hydrogen-bond donors (Lipinski definition) is 1. The lowest BCUT2D eigenvalue weighted by Crippen LogP contribution is -2.37. The Kier molecular flexibility index (Phi) is 5.93. The average Bonchev–Trinajstić information content (AvgIpc) is 2.92. The Morgan fingerprint density at radius 1 is 1.35 bits per heavy atom. The fourth-order valence-electron chi connectivity index (χ4n) is 2.43. The van der Waals surface area contributed by atoms with Gasteiger partial charge in [-0.3, -0.25) is 14.2 Å². The summed E-state index contributed by atoms with van der Waals surface area (Å²) in [4.78, 5) is 30.7. The van der Waals surface area contributed by atoms with Gasteiger partial charge in [-0.1, -0.05) is 20.8 Å². The van der Waals surface area contributed by atoms with Crippen LogP contribution in [-0.4, -0.2) is 21.5 Å². The van der Waals surface area contributed by atoms with Crippen molar-refractivity contribution < 1.29 is 4.79 Å². The number of amides is 1. The third-order valence-corrected chi connectivity index (χ3v) is 5.00. The Labute approximate surface area is 140 Å². The van der Waals surface area contributed by atoms with E-state index in [1.54, 1.807) is 0 Å². The summed E-state index contributed by atoms with van der Waals surface area (Å²) in [6, 6.07) is 2.00. The lowest BCUT2D eigenvalue weighted by molar-refractivity contribution is -0.122. The highest BCUT2D eigenvalue weighted by atomic mass is 32.1. The molecule has 2 aromatic rings. The summed E-state index contributed by atoms with van der Waals surface area (Å²) in [6.07, 6.45) is 4.37. The quantitative estimate of drug-likeness (QED) is 0.846. The highest BCUT2D eigenvalue weighted by molar-refractivity contribution is 7.18. The van der Waals surface area contributed by atoms with Gasteiger partial charge in [0.15, 0.2) is 0 Å². The van der Waals surface area contributed by atoms with Gasteiger partial charge in [-0.2, -0.15) is 0 Å². The maximum atomic E-state index is 12.4. The minimum atomic E-state index is -0.143. The van der Waals surface area contributed by atoms with Crippen LogP contribution in [0.5, 0.6) is 0 Å². The van der Waals surface area contributed by atoms with Crippen molar-refractivity contribution in [1.82, 2.24) is 14.9 Å². The van der Waals surface area contributed by atoms with Crippen LogP contribution in [0.1, 0.15) is 45.4 Å². The highest BCUT2D eigenvalue weighted by Crippen LogP contribution is 2.20. The molecule has 2 aromatic heterocycles. The lowest BCUT2D eigenvalue weighted by Gasteiger charge is -2.15. The van der Waals surface area contributed by atoms with Crippen molar-refractivity contribution in [3.05, 3.63) is 27.6 Å². The molecule has 0 saturated heterocycles. The van der Waals surface area contributed by atoms with E-state index in [-0.39, 0.29) is 24.1 Å². The maximum Gasteiger partial charge on any atom is 0.262 e. The molecule has 0 bridgehead atoms. The summed E-state index contributed by atoms with van der Waals surface area (Å²) in [5, 5.41) is 3.56. The molecule has 0 spiro atoms. The average molecular weight is 335 g/mol. The number of rotatable bonds is 7. The first-order chi connectivity index (χ1) is 10.9.